The quantitative estimate of drug-likeness (QED) is 0.318. The summed E-state index contributed by atoms with van der Waals surface area (Å²) in [6.45, 7) is 7.05. The van der Waals surface area contributed by atoms with Crippen molar-refractivity contribution in [2.75, 3.05) is 11.9 Å². The Kier molecular flexibility index (Phi) is 7.17. The third kappa shape index (κ3) is 5.30. The van der Waals surface area contributed by atoms with E-state index in [0.29, 0.717) is 18.7 Å². The number of thiazole rings is 1. The zero-order valence-electron chi connectivity index (χ0n) is 18.4. The fourth-order valence-electron chi connectivity index (χ4n) is 3.42. The van der Waals surface area contributed by atoms with Crippen LogP contribution in [0.2, 0.25) is 0 Å². The zero-order chi connectivity index (χ0) is 23.0. The molecule has 0 bridgehead atoms. The number of carbonyl (C=O) groups excluding carboxylic acids is 1. The van der Waals surface area contributed by atoms with Crippen molar-refractivity contribution in [3.05, 3.63) is 108 Å². The highest BCUT2D eigenvalue weighted by Crippen LogP contribution is 2.32. The summed E-state index contributed by atoms with van der Waals surface area (Å²) in [5, 5.41) is 3.84. The maximum atomic E-state index is 13.0. The summed E-state index contributed by atoms with van der Waals surface area (Å²) in [6, 6.07) is 26.9. The number of hydrogen-bond donors (Lipinski definition) is 1. The van der Waals surface area contributed by atoms with E-state index in [1.54, 1.807) is 12.1 Å². The Morgan fingerprint density at radius 2 is 1.70 bits per heavy atom. The van der Waals surface area contributed by atoms with Gasteiger partial charge in [-0.15, -0.1) is 6.58 Å². The standard InChI is InChI=1S/C27H25N3O2S/c1-3-19-30-24(20-11-7-5-8-12-20)26(29-25(31)21-13-9-6-10-14-21)33-27(30)28-22-15-17-23(18-16-22)32-4-2/h3,5-18H,1,4,19H2,2H3,(H,29,31). The van der Waals surface area contributed by atoms with Crippen LogP contribution in [-0.4, -0.2) is 17.1 Å². The minimum absolute atomic E-state index is 0.160. The van der Waals surface area contributed by atoms with Gasteiger partial charge in [0.25, 0.3) is 5.91 Å². The first kappa shape index (κ1) is 22.3. The predicted molar refractivity (Wildman–Crippen MR) is 135 cm³/mol. The van der Waals surface area contributed by atoms with Gasteiger partial charge in [-0.2, -0.15) is 0 Å². The minimum Gasteiger partial charge on any atom is -0.494 e. The SMILES string of the molecule is C=CCn1c(-c2ccccc2)c(NC(=O)c2ccccc2)sc1=Nc1ccc(OCC)cc1. The normalized spacial score (nSPS) is 11.2. The van der Waals surface area contributed by atoms with Crippen molar-refractivity contribution in [1.29, 1.82) is 0 Å². The fraction of sp³-hybridized carbons (Fsp3) is 0.111. The van der Waals surface area contributed by atoms with Crippen LogP contribution in [0.3, 0.4) is 0 Å². The van der Waals surface area contributed by atoms with Gasteiger partial charge in [0.2, 0.25) is 0 Å². The fourth-order valence-corrected chi connectivity index (χ4v) is 4.50. The molecule has 1 amide bonds. The molecule has 0 atom stereocenters. The lowest BCUT2D eigenvalue weighted by Crippen LogP contribution is -2.15. The monoisotopic (exact) mass is 455 g/mol. The van der Waals surface area contributed by atoms with E-state index >= 15 is 0 Å². The number of allylic oxidation sites excluding steroid dienone is 1. The van der Waals surface area contributed by atoms with Crippen LogP contribution in [0.1, 0.15) is 17.3 Å². The molecule has 0 saturated carbocycles. The van der Waals surface area contributed by atoms with Gasteiger partial charge in [0.15, 0.2) is 4.80 Å². The smallest absolute Gasteiger partial charge is 0.256 e. The van der Waals surface area contributed by atoms with Crippen LogP contribution in [0.5, 0.6) is 5.75 Å². The molecule has 1 N–H and O–H groups in total. The number of nitrogens with zero attached hydrogens (tertiary/aromatic N) is 2. The Labute approximate surface area is 197 Å². The van der Waals surface area contributed by atoms with E-state index in [2.05, 4.69) is 16.5 Å². The van der Waals surface area contributed by atoms with Crippen LogP contribution in [0.25, 0.3) is 11.3 Å². The summed E-state index contributed by atoms with van der Waals surface area (Å²) in [4.78, 5) is 18.6. The van der Waals surface area contributed by atoms with Crippen molar-refractivity contribution in [2.24, 2.45) is 4.99 Å². The second-order valence-corrected chi connectivity index (χ2v) is 8.16. The molecule has 4 rings (SSSR count). The van der Waals surface area contributed by atoms with Gasteiger partial charge in [-0.05, 0) is 43.3 Å². The first-order chi connectivity index (χ1) is 16.2. The van der Waals surface area contributed by atoms with E-state index in [1.165, 1.54) is 11.3 Å². The van der Waals surface area contributed by atoms with E-state index in [0.717, 1.165) is 32.5 Å². The topological polar surface area (TPSA) is 55.6 Å². The molecule has 0 saturated heterocycles. The van der Waals surface area contributed by atoms with E-state index in [9.17, 15) is 4.79 Å². The number of hydrogen-bond acceptors (Lipinski definition) is 4. The Bertz CT molecular complexity index is 1290. The largest absolute Gasteiger partial charge is 0.494 e. The summed E-state index contributed by atoms with van der Waals surface area (Å²) < 4.78 is 7.61. The third-order valence-corrected chi connectivity index (χ3v) is 5.90. The molecule has 6 heteroatoms. The van der Waals surface area contributed by atoms with Crippen LogP contribution in [-0.2, 0) is 6.54 Å². The van der Waals surface area contributed by atoms with Crippen LogP contribution < -0.4 is 14.9 Å². The Morgan fingerprint density at radius 3 is 2.33 bits per heavy atom. The maximum Gasteiger partial charge on any atom is 0.256 e. The number of rotatable bonds is 8. The van der Waals surface area contributed by atoms with Crippen LogP contribution in [0, 0.1) is 0 Å². The van der Waals surface area contributed by atoms with E-state index in [-0.39, 0.29) is 5.91 Å². The molecule has 1 heterocycles. The van der Waals surface area contributed by atoms with Crippen molar-refractivity contribution in [3.63, 3.8) is 0 Å². The lowest BCUT2D eigenvalue weighted by Gasteiger charge is -2.10. The van der Waals surface area contributed by atoms with Crippen molar-refractivity contribution in [1.82, 2.24) is 4.57 Å². The van der Waals surface area contributed by atoms with Gasteiger partial charge >= 0.3 is 0 Å². The summed E-state index contributed by atoms with van der Waals surface area (Å²) >= 11 is 1.44. The predicted octanol–water partition coefficient (Wildman–Crippen LogP) is 6.29. The molecule has 0 fully saturated rings. The highest BCUT2D eigenvalue weighted by molar-refractivity contribution is 7.14. The highest BCUT2D eigenvalue weighted by Gasteiger charge is 2.18. The van der Waals surface area contributed by atoms with Crippen molar-refractivity contribution in [3.8, 4) is 17.0 Å². The Balaban J connectivity index is 1.83. The number of amides is 1. The van der Waals surface area contributed by atoms with Crippen molar-refractivity contribution in [2.45, 2.75) is 13.5 Å². The molecule has 0 unspecified atom stereocenters. The minimum atomic E-state index is -0.160. The van der Waals surface area contributed by atoms with Gasteiger partial charge in [-0.1, -0.05) is 65.9 Å². The molecule has 0 aliphatic rings. The molecule has 3 aromatic carbocycles. The lowest BCUT2D eigenvalue weighted by atomic mass is 10.1. The summed E-state index contributed by atoms with van der Waals surface area (Å²) in [5.74, 6) is 0.648. The number of nitrogens with one attached hydrogen (secondary N) is 1. The molecule has 5 nitrogen and oxygen atoms in total. The average Bonchev–Trinajstić information content (AvgIpc) is 3.18. The number of ether oxygens (including phenoxy) is 1. The van der Waals surface area contributed by atoms with E-state index in [1.807, 2.05) is 85.8 Å². The molecule has 0 aliphatic heterocycles. The van der Waals surface area contributed by atoms with E-state index in [4.69, 9.17) is 9.73 Å². The Hall–Kier alpha value is -3.90. The summed E-state index contributed by atoms with van der Waals surface area (Å²) in [6.07, 6.45) is 1.83. The average molecular weight is 456 g/mol. The molecule has 33 heavy (non-hydrogen) atoms. The van der Waals surface area contributed by atoms with Gasteiger partial charge in [0, 0.05) is 17.7 Å². The van der Waals surface area contributed by atoms with Gasteiger partial charge in [0.05, 0.1) is 18.0 Å². The first-order valence-corrected chi connectivity index (χ1v) is 11.5. The van der Waals surface area contributed by atoms with Crippen LogP contribution in [0.4, 0.5) is 10.7 Å². The molecular formula is C27H25N3O2S. The first-order valence-electron chi connectivity index (χ1n) is 10.7. The zero-order valence-corrected chi connectivity index (χ0v) is 19.2. The highest BCUT2D eigenvalue weighted by atomic mass is 32.1. The lowest BCUT2D eigenvalue weighted by molar-refractivity contribution is 0.102. The molecule has 0 aliphatic carbocycles. The maximum absolute atomic E-state index is 13.0. The molecule has 0 spiro atoms. The molecule has 166 valence electrons. The number of aromatic nitrogens is 1. The van der Waals surface area contributed by atoms with Crippen LogP contribution >= 0.6 is 11.3 Å². The van der Waals surface area contributed by atoms with Gasteiger partial charge in [0.1, 0.15) is 10.8 Å². The summed E-state index contributed by atoms with van der Waals surface area (Å²) in [7, 11) is 0. The Morgan fingerprint density at radius 1 is 1.03 bits per heavy atom. The number of anilines is 1. The molecule has 1 aromatic heterocycles. The molecule has 0 radical (unpaired) electrons. The van der Waals surface area contributed by atoms with Gasteiger partial charge < -0.3 is 14.6 Å². The number of carbonyl (C=O) groups is 1. The van der Waals surface area contributed by atoms with Crippen molar-refractivity contribution < 1.29 is 9.53 Å². The third-order valence-electron chi connectivity index (χ3n) is 4.90. The van der Waals surface area contributed by atoms with E-state index < -0.39 is 0 Å². The molecule has 4 aromatic rings. The van der Waals surface area contributed by atoms with Gasteiger partial charge in [-0.25, -0.2) is 4.99 Å². The second kappa shape index (κ2) is 10.6. The second-order valence-electron chi connectivity index (χ2n) is 7.19. The number of benzene rings is 3. The molecular weight excluding hydrogens is 430 g/mol. The summed E-state index contributed by atoms with van der Waals surface area (Å²) in [5.41, 5.74) is 3.30. The van der Waals surface area contributed by atoms with Crippen molar-refractivity contribution >= 4 is 27.9 Å². The van der Waals surface area contributed by atoms with Gasteiger partial charge in [-0.3, -0.25) is 4.79 Å². The van der Waals surface area contributed by atoms with Crippen LogP contribution in [0.15, 0.2) is 103 Å².